The summed E-state index contributed by atoms with van der Waals surface area (Å²) in [5.74, 6) is -0.541. The molecule has 0 saturated carbocycles. The molecule has 5 nitrogen and oxygen atoms in total. The molecule has 0 radical (unpaired) electrons. The van der Waals surface area contributed by atoms with Crippen LogP contribution in [0.5, 0.6) is 0 Å². The average molecular weight is 373 g/mol. The lowest BCUT2D eigenvalue weighted by Gasteiger charge is -2.34. The minimum absolute atomic E-state index is 0.0314. The van der Waals surface area contributed by atoms with Crippen LogP contribution >= 0.6 is 0 Å². The van der Waals surface area contributed by atoms with Crippen molar-refractivity contribution in [1.29, 1.82) is 0 Å². The maximum absolute atomic E-state index is 13.6. The fraction of sp³-hybridized carbons (Fsp3) is 0.304. The minimum atomic E-state index is -0.795. The lowest BCUT2D eigenvalue weighted by Crippen LogP contribution is -2.48. The monoisotopic (exact) mass is 373 g/mol. The van der Waals surface area contributed by atoms with Crippen LogP contribution in [0.4, 0.5) is 0 Å². The number of carbonyl (C=O) groups excluding carboxylic acids is 2. The fourth-order valence-electron chi connectivity index (χ4n) is 5.39. The van der Waals surface area contributed by atoms with E-state index < -0.39 is 12.3 Å². The molecule has 0 aliphatic carbocycles. The third kappa shape index (κ3) is 2.09. The Kier molecular flexibility index (Phi) is 3.40. The maximum Gasteiger partial charge on any atom is 0.218 e. The molecule has 0 N–H and O–H groups in total. The predicted octanol–water partition coefficient (Wildman–Crippen LogP) is 2.84. The van der Waals surface area contributed by atoms with Gasteiger partial charge in [-0.05, 0) is 17.2 Å². The highest BCUT2D eigenvalue weighted by molar-refractivity contribution is 6.02. The number of ether oxygens (including phenoxy) is 2. The molecule has 0 amide bonds. The van der Waals surface area contributed by atoms with E-state index in [1.807, 2.05) is 54.7 Å². The van der Waals surface area contributed by atoms with Gasteiger partial charge in [0.15, 0.2) is 11.6 Å². The molecule has 28 heavy (non-hydrogen) atoms. The Labute approximate surface area is 162 Å². The molecule has 6 rings (SSSR count). The van der Waals surface area contributed by atoms with Crippen molar-refractivity contribution in [3.8, 4) is 0 Å². The number of rotatable bonds is 2. The largest absolute Gasteiger partial charge is 0.359 e. The standard InChI is InChI=1S/C23H19NO4/c25-21(14-7-2-1-3-8-14)20-17-16-12-27-23(28-16)22(26)18(17)19-15-9-5-4-6-13(15)10-11-24(19)20/h1-11,16-20,23H,12H2/t16-,17-,18-,19+,20-,23+/m1/s1. The van der Waals surface area contributed by atoms with Gasteiger partial charge < -0.3 is 14.4 Å². The zero-order valence-corrected chi connectivity index (χ0v) is 15.1. The van der Waals surface area contributed by atoms with Crippen LogP contribution in [-0.2, 0) is 14.3 Å². The summed E-state index contributed by atoms with van der Waals surface area (Å²) in [6.07, 6.45) is 2.99. The van der Waals surface area contributed by atoms with Crippen molar-refractivity contribution in [3.63, 3.8) is 0 Å². The predicted molar refractivity (Wildman–Crippen MR) is 101 cm³/mol. The number of hydrogen-bond donors (Lipinski definition) is 0. The first-order valence-corrected chi connectivity index (χ1v) is 9.68. The Balaban J connectivity index is 1.52. The second-order valence-electron chi connectivity index (χ2n) is 7.86. The van der Waals surface area contributed by atoms with Gasteiger partial charge in [-0.15, -0.1) is 0 Å². The number of ketones is 2. The highest BCUT2D eigenvalue weighted by Crippen LogP contribution is 2.54. The lowest BCUT2D eigenvalue weighted by molar-refractivity contribution is -0.164. The first-order chi connectivity index (χ1) is 13.7. The number of benzene rings is 2. The third-order valence-electron chi connectivity index (χ3n) is 6.53. The summed E-state index contributed by atoms with van der Waals surface area (Å²) in [6.45, 7) is 0.363. The number of fused-ring (bicyclic) bond motifs is 8. The van der Waals surface area contributed by atoms with E-state index in [4.69, 9.17) is 9.47 Å². The Morgan fingerprint density at radius 1 is 1.04 bits per heavy atom. The second kappa shape index (κ2) is 5.87. The van der Waals surface area contributed by atoms with Gasteiger partial charge in [0.1, 0.15) is 0 Å². The van der Waals surface area contributed by atoms with Crippen LogP contribution in [0, 0.1) is 11.8 Å². The summed E-state index contributed by atoms with van der Waals surface area (Å²) in [5.41, 5.74) is 2.86. The first-order valence-electron chi connectivity index (χ1n) is 9.68. The Bertz CT molecular complexity index is 1000. The number of hydrogen-bond acceptors (Lipinski definition) is 5. The maximum atomic E-state index is 13.6. The van der Waals surface area contributed by atoms with Crippen molar-refractivity contribution in [2.24, 2.45) is 11.8 Å². The van der Waals surface area contributed by atoms with Gasteiger partial charge in [0.05, 0.1) is 30.7 Å². The summed E-state index contributed by atoms with van der Waals surface area (Å²) in [7, 11) is 0. The van der Waals surface area contributed by atoms with Gasteiger partial charge in [-0.25, -0.2) is 0 Å². The highest BCUT2D eigenvalue weighted by atomic mass is 16.7. The van der Waals surface area contributed by atoms with Gasteiger partial charge >= 0.3 is 0 Å². The quantitative estimate of drug-likeness (QED) is 0.758. The normalized spacial score (nSPS) is 34.7. The molecule has 140 valence electrons. The molecule has 5 heteroatoms. The molecule has 3 saturated heterocycles. The summed E-state index contributed by atoms with van der Waals surface area (Å²) in [5, 5.41) is 0. The van der Waals surface area contributed by atoms with Gasteiger partial charge in [0.2, 0.25) is 6.29 Å². The van der Waals surface area contributed by atoms with E-state index in [1.165, 1.54) is 0 Å². The molecule has 2 aromatic rings. The van der Waals surface area contributed by atoms with Crippen LogP contribution in [-0.4, -0.2) is 41.5 Å². The van der Waals surface area contributed by atoms with E-state index in [9.17, 15) is 9.59 Å². The van der Waals surface area contributed by atoms with Crippen LogP contribution < -0.4 is 0 Å². The van der Waals surface area contributed by atoms with Gasteiger partial charge in [0, 0.05) is 17.7 Å². The summed E-state index contributed by atoms with van der Waals surface area (Å²) in [4.78, 5) is 28.9. The van der Waals surface area contributed by atoms with E-state index in [0.29, 0.717) is 12.2 Å². The number of nitrogens with zero attached hydrogens (tertiary/aromatic N) is 1. The molecule has 4 aliphatic heterocycles. The van der Waals surface area contributed by atoms with Crippen molar-refractivity contribution in [2.45, 2.75) is 24.5 Å². The summed E-state index contributed by atoms with van der Waals surface area (Å²) in [6, 6.07) is 16.8. The van der Waals surface area contributed by atoms with E-state index in [0.717, 1.165) is 11.1 Å². The molecule has 0 aromatic heterocycles. The van der Waals surface area contributed by atoms with E-state index in [1.54, 1.807) is 0 Å². The fourth-order valence-corrected chi connectivity index (χ4v) is 5.39. The van der Waals surface area contributed by atoms with Crippen LogP contribution in [0.3, 0.4) is 0 Å². The van der Waals surface area contributed by atoms with Crippen molar-refractivity contribution < 1.29 is 19.1 Å². The van der Waals surface area contributed by atoms with Crippen LogP contribution in [0.25, 0.3) is 6.08 Å². The van der Waals surface area contributed by atoms with Crippen molar-refractivity contribution >= 4 is 17.6 Å². The van der Waals surface area contributed by atoms with E-state index in [-0.39, 0.29) is 35.5 Å². The minimum Gasteiger partial charge on any atom is -0.359 e. The van der Waals surface area contributed by atoms with E-state index in [2.05, 4.69) is 17.0 Å². The molecule has 4 aliphatic rings. The van der Waals surface area contributed by atoms with Crippen molar-refractivity contribution in [1.82, 2.24) is 4.90 Å². The zero-order valence-electron chi connectivity index (χ0n) is 15.1. The zero-order chi connectivity index (χ0) is 18.8. The third-order valence-corrected chi connectivity index (χ3v) is 6.53. The molecule has 0 unspecified atom stereocenters. The Morgan fingerprint density at radius 3 is 2.68 bits per heavy atom. The van der Waals surface area contributed by atoms with Gasteiger partial charge in [-0.3, -0.25) is 9.59 Å². The molecular formula is C23H19NO4. The molecule has 6 atom stereocenters. The smallest absolute Gasteiger partial charge is 0.218 e. The van der Waals surface area contributed by atoms with Crippen LogP contribution in [0.1, 0.15) is 27.5 Å². The lowest BCUT2D eigenvalue weighted by atomic mass is 9.75. The molecule has 2 bridgehead atoms. The molecule has 4 heterocycles. The molecule has 0 spiro atoms. The molecule has 2 aromatic carbocycles. The molecule has 3 fully saturated rings. The topological polar surface area (TPSA) is 55.8 Å². The Hall–Kier alpha value is -2.76. The number of Topliss-reactive ketones (excluding diaryl/α,β-unsaturated/α-hetero) is 2. The average Bonchev–Trinajstić information content (AvgIpc) is 3.33. The first kappa shape index (κ1) is 16.2. The number of carbonyl (C=O) groups is 2. The van der Waals surface area contributed by atoms with Gasteiger partial charge in [0.25, 0.3) is 0 Å². The van der Waals surface area contributed by atoms with Gasteiger partial charge in [-0.2, -0.15) is 0 Å². The second-order valence-corrected chi connectivity index (χ2v) is 7.86. The van der Waals surface area contributed by atoms with Crippen LogP contribution in [0.2, 0.25) is 0 Å². The van der Waals surface area contributed by atoms with Crippen LogP contribution in [0.15, 0.2) is 60.8 Å². The van der Waals surface area contributed by atoms with E-state index >= 15 is 0 Å². The van der Waals surface area contributed by atoms with Crippen molar-refractivity contribution in [2.75, 3.05) is 6.61 Å². The highest BCUT2D eigenvalue weighted by Gasteiger charge is 2.63. The molecular weight excluding hydrogens is 354 g/mol. The van der Waals surface area contributed by atoms with Gasteiger partial charge in [-0.1, -0.05) is 54.6 Å². The Morgan fingerprint density at radius 2 is 1.82 bits per heavy atom. The van der Waals surface area contributed by atoms with Crippen molar-refractivity contribution in [3.05, 3.63) is 77.5 Å². The summed E-state index contributed by atoms with van der Waals surface area (Å²) >= 11 is 0. The summed E-state index contributed by atoms with van der Waals surface area (Å²) < 4.78 is 11.5. The SMILES string of the molecule is O=C1[C@H]2OC[C@@H](O2)[C@@H]2[C@@H]1[C@@H]1c3ccccc3C=CN1[C@H]2C(=O)c1ccccc1.